The van der Waals surface area contributed by atoms with Gasteiger partial charge in [0.1, 0.15) is 10.7 Å². The molecule has 2 heterocycles. The predicted octanol–water partition coefficient (Wildman–Crippen LogP) is 3.93. The van der Waals surface area contributed by atoms with Crippen molar-refractivity contribution in [2.45, 2.75) is 6.92 Å². The lowest BCUT2D eigenvalue weighted by Gasteiger charge is -2.15. The highest BCUT2D eigenvalue weighted by Crippen LogP contribution is 2.30. The number of imide groups is 1. The fourth-order valence-corrected chi connectivity index (χ4v) is 4.07. The number of ether oxygens (including phenoxy) is 1. The maximum Gasteiger partial charge on any atom is 0.337 e. The first-order valence-electron chi connectivity index (χ1n) is 9.86. The maximum atomic E-state index is 13.0. The quantitative estimate of drug-likeness (QED) is 0.392. The number of aromatic nitrogens is 1. The van der Waals surface area contributed by atoms with Gasteiger partial charge in [-0.2, -0.15) is 0 Å². The number of nitrogens with one attached hydrogen (secondary N) is 2. The maximum absolute atomic E-state index is 13.0. The third kappa shape index (κ3) is 4.54. The normalized spacial score (nSPS) is 13.3. The van der Waals surface area contributed by atoms with Gasteiger partial charge in [0, 0.05) is 16.6 Å². The number of hydrogen-bond donors (Lipinski definition) is 2. The number of carbonyl (C=O) groups is 4. The lowest BCUT2D eigenvalue weighted by molar-refractivity contribution is -0.120. The molecule has 172 valence electrons. The lowest BCUT2D eigenvalue weighted by atomic mass is 10.2. The number of methoxy groups -OCH3 is 1. The Kier molecular flexibility index (Phi) is 6.44. The van der Waals surface area contributed by atoms with Gasteiger partial charge in [-0.3, -0.25) is 19.7 Å². The molecule has 11 heteroatoms. The minimum atomic E-state index is -0.715. The van der Waals surface area contributed by atoms with E-state index in [2.05, 4.69) is 20.4 Å². The van der Waals surface area contributed by atoms with E-state index in [0.29, 0.717) is 16.4 Å². The zero-order valence-electron chi connectivity index (χ0n) is 17.9. The molecule has 34 heavy (non-hydrogen) atoms. The highest BCUT2D eigenvalue weighted by Gasteiger charge is 2.39. The van der Waals surface area contributed by atoms with Gasteiger partial charge >= 0.3 is 5.97 Å². The second kappa shape index (κ2) is 9.46. The summed E-state index contributed by atoms with van der Waals surface area (Å²) in [5.41, 5.74) is 1.89. The molecule has 0 radical (unpaired) electrons. The molecule has 0 aliphatic carbocycles. The number of halogens is 1. The van der Waals surface area contributed by atoms with Gasteiger partial charge in [-0.25, -0.2) is 14.7 Å². The molecule has 0 atom stereocenters. The molecule has 3 amide bonds. The monoisotopic (exact) mass is 496 g/mol. The van der Waals surface area contributed by atoms with E-state index >= 15 is 0 Å². The van der Waals surface area contributed by atoms with Crippen LogP contribution in [-0.2, 0) is 14.3 Å². The minimum absolute atomic E-state index is 0.128. The number of thiazole rings is 1. The second-order valence-electron chi connectivity index (χ2n) is 7.13. The molecular weight excluding hydrogens is 480 g/mol. The van der Waals surface area contributed by atoms with Crippen LogP contribution < -0.4 is 15.5 Å². The van der Waals surface area contributed by atoms with Gasteiger partial charge in [-0.15, -0.1) is 11.3 Å². The van der Waals surface area contributed by atoms with Crippen LogP contribution in [0.5, 0.6) is 0 Å². The van der Waals surface area contributed by atoms with E-state index in [0.717, 1.165) is 10.6 Å². The van der Waals surface area contributed by atoms with E-state index in [1.54, 1.807) is 18.2 Å². The Morgan fingerprint density at radius 3 is 2.44 bits per heavy atom. The van der Waals surface area contributed by atoms with Gasteiger partial charge in [-0.1, -0.05) is 17.7 Å². The van der Waals surface area contributed by atoms with Crippen LogP contribution >= 0.6 is 22.9 Å². The number of esters is 1. The van der Waals surface area contributed by atoms with Crippen molar-refractivity contribution >= 4 is 63.1 Å². The summed E-state index contributed by atoms with van der Waals surface area (Å²) in [6.45, 7) is 1.82. The Morgan fingerprint density at radius 1 is 1.06 bits per heavy atom. The molecule has 3 aromatic rings. The fourth-order valence-electron chi connectivity index (χ4n) is 3.17. The summed E-state index contributed by atoms with van der Waals surface area (Å²) in [4.78, 5) is 54.9. The predicted molar refractivity (Wildman–Crippen MR) is 128 cm³/mol. The van der Waals surface area contributed by atoms with Crippen molar-refractivity contribution < 1.29 is 23.9 Å². The number of carbonyl (C=O) groups excluding carboxylic acids is 4. The molecule has 0 bridgehead atoms. The Bertz CT molecular complexity index is 1350. The first-order valence-corrected chi connectivity index (χ1v) is 11.1. The van der Waals surface area contributed by atoms with Crippen LogP contribution in [0.15, 0.2) is 64.6 Å². The van der Waals surface area contributed by atoms with Crippen molar-refractivity contribution in [1.29, 1.82) is 0 Å². The van der Waals surface area contributed by atoms with Crippen molar-refractivity contribution in [3.8, 4) is 0 Å². The first-order chi connectivity index (χ1) is 16.3. The second-order valence-corrected chi connectivity index (χ2v) is 8.36. The Labute approximate surface area is 203 Å². The number of benzene rings is 2. The van der Waals surface area contributed by atoms with E-state index in [9.17, 15) is 19.2 Å². The van der Waals surface area contributed by atoms with Crippen LogP contribution in [-0.4, -0.2) is 35.8 Å². The van der Waals surface area contributed by atoms with Gasteiger partial charge in [0.15, 0.2) is 5.13 Å². The molecular formula is C23H17ClN4O5S. The topological polar surface area (TPSA) is 118 Å². The summed E-state index contributed by atoms with van der Waals surface area (Å²) in [6, 6.07) is 12.2. The van der Waals surface area contributed by atoms with Gasteiger partial charge in [0.25, 0.3) is 17.7 Å². The van der Waals surface area contributed by atoms with Crippen LogP contribution in [0.2, 0.25) is 0 Å². The standard InChI is InChI=1S/C23H17ClN4O5S/c1-12-11-34-23(25-12)27-19(29)14-4-3-5-15(10-14)26-18-17(24)20(30)28(21(18)31)16-8-6-13(7-9-16)22(32)33-2/h3-11,26H,1-2H3,(H,25,27,29). The number of amides is 3. The summed E-state index contributed by atoms with van der Waals surface area (Å²) in [7, 11) is 1.25. The molecule has 0 saturated heterocycles. The molecule has 1 aromatic heterocycles. The third-order valence-corrected chi connectivity index (χ3v) is 6.03. The Morgan fingerprint density at radius 2 is 1.79 bits per heavy atom. The van der Waals surface area contributed by atoms with E-state index in [1.807, 2.05) is 12.3 Å². The molecule has 2 aromatic carbocycles. The number of hydrogen-bond acceptors (Lipinski definition) is 8. The SMILES string of the molecule is COC(=O)c1ccc(N2C(=O)C(Cl)=C(Nc3cccc(C(=O)Nc4nc(C)cs4)c3)C2=O)cc1. The van der Waals surface area contributed by atoms with Crippen molar-refractivity contribution in [2.75, 3.05) is 22.6 Å². The van der Waals surface area contributed by atoms with Crippen LogP contribution in [0, 0.1) is 6.92 Å². The zero-order chi connectivity index (χ0) is 24.4. The average molecular weight is 497 g/mol. The molecule has 0 spiro atoms. The number of aryl methyl sites for hydroxylation is 1. The van der Waals surface area contributed by atoms with Crippen LogP contribution in [0.3, 0.4) is 0 Å². The number of nitrogens with zero attached hydrogens (tertiary/aromatic N) is 2. The molecule has 0 saturated carbocycles. The molecule has 2 N–H and O–H groups in total. The van der Waals surface area contributed by atoms with Crippen molar-refractivity contribution in [1.82, 2.24) is 4.98 Å². The largest absolute Gasteiger partial charge is 0.465 e. The molecule has 4 rings (SSSR count). The minimum Gasteiger partial charge on any atom is -0.465 e. The van der Waals surface area contributed by atoms with Crippen LogP contribution in [0.1, 0.15) is 26.4 Å². The fraction of sp³-hybridized carbons (Fsp3) is 0.0870. The van der Waals surface area contributed by atoms with E-state index in [-0.39, 0.29) is 27.9 Å². The van der Waals surface area contributed by atoms with Crippen LogP contribution in [0.25, 0.3) is 0 Å². The summed E-state index contributed by atoms with van der Waals surface area (Å²) in [5.74, 6) is -2.31. The molecule has 9 nitrogen and oxygen atoms in total. The van der Waals surface area contributed by atoms with Gasteiger partial charge in [0.2, 0.25) is 0 Å². The van der Waals surface area contributed by atoms with E-state index < -0.39 is 17.8 Å². The smallest absolute Gasteiger partial charge is 0.337 e. The summed E-state index contributed by atoms with van der Waals surface area (Å²) in [6.07, 6.45) is 0. The van der Waals surface area contributed by atoms with Crippen molar-refractivity contribution in [2.24, 2.45) is 0 Å². The van der Waals surface area contributed by atoms with Gasteiger partial charge in [-0.05, 0) is 49.4 Å². The first kappa shape index (κ1) is 23.1. The van der Waals surface area contributed by atoms with E-state index in [4.69, 9.17) is 11.6 Å². The molecule has 0 unspecified atom stereocenters. The molecule has 1 aliphatic rings. The molecule has 0 fully saturated rings. The summed E-state index contributed by atoms with van der Waals surface area (Å²) < 4.78 is 4.65. The Hall–Kier alpha value is -4.02. The third-order valence-electron chi connectivity index (χ3n) is 4.81. The number of rotatable bonds is 6. The number of anilines is 3. The summed E-state index contributed by atoms with van der Waals surface area (Å²) >= 11 is 7.49. The van der Waals surface area contributed by atoms with E-state index in [1.165, 1.54) is 48.8 Å². The Balaban J connectivity index is 1.52. The average Bonchev–Trinajstić information content (AvgIpc) is 3.34. The highest BCUT2D eigenvalue weighted by atomic mass is 35.5. The zero-order valence-corrected chi connectivity index (χ0v) is 19.5. The molecule has 1 aliphatic heterocycles. The van der Waals surface area contributed by atoms with Crippen molar-refractivity contribution in [3.05, 3.63) is 81.5 Å². The van der Waals surface area contributed by atoms with Gasteiger partial charge < -0.3 is 10.1 Å². The highest BCUT2D eigenvalue weighted by molar-refractivity contribution is 7.13. The van der Waals surface area contributed by atoms with Crippen LogP contribution in [0.4, 0.5) is 16.5 Å². The summed E-state index contributed by atoms with van der Waals surface area (Å²) in [5, 5.41) is 7.54. The van der Waals surface area contributed by atoms with Gasteiger partial charge in [0.05, 0.1) is 24.1 Å². The van der Waals surface area contributed by atoms with Crippen molar-refractivity contribution in [3.63, 3.8) is 0 Å². The lowest BCUT2D eigenvalue weighted by Crippen LogP contribution is -2.32.